The molecule has 0 bridgehead atoms. The molecule has 0 aliphatic carbocycles. The van der Waals surface area contributed by atoms with Crippen LogP contribution in [0.3, 0.4) is 0 Å². The third-order valence-electron chi connectivity index (χ3n) is 4.06. The Labute approximate surface area is 151 Å². The Bertz CT molecular complexity index is 746. The highest BCUT2D eigenvalue weighted by molar-refractivity contribution is 7.13. The number of benzene rings is 1. The maximum absolute atomic E-state index is 12.2. The van der Waals surface area contributed by atoms with Crippen LogP contribution in [0.2, 0.25) is 0 Å². The lowest BCUT2D eigenvalue weighted by Gasteiger charge is -2.15. The largest absolute Gasteiger partial charge is 0.493 e. The molecule has 1 N–H and O–H groups in total. The lowest BCUT2D eigenvalue weighted by atomic mass is 10.2. The zero-order valence-electron chi connectivity index (χ0n) is 14.3. The van der Waals surface area contributed by atoms with E-state index >= 15 is 0 Å². The quantitative estimate of drug-likeness (QED) is 0.803. The Morgan fingerprint density at radius 3 is 2.92 bits per heavy atom. The number of hydrogen-bond acceptors (Lipinski definition) is 6. The molecule has 1 aromatic heterocycles. The van der Waals surface area contributed by atoms with Gasteiger partial charge in [-0.05, 0) is 30.2 Å². The highest BCUT2D eigenvalue weighted by Gasteiger charge is 2.24. The number of hydrogen-bond donors (Lipinski definition) is 1. The van der Waals surface area contributed by atoms with Crippen molar-refractivity contribution in [3.8, 4) is 11.5 Å². The summed E-state index contributed by atoms with van der Waals surface area (Å²) in [6.45, 7) is 1.71. The summed E-state index contributed by atoms with van der Waals surface area (Å²) in [7, 11) is 3.18. The van der Waals surface area contributed by atoms with Crippen LogP contribution in [0.4, 0.5) is 5.13 Å². The van der Waals surface area contributed by atoms with Gasteiger partial charge in [0.25, 0.3) is 0 Å². The molecule has 1 aliphatic heterocycles. The predicted molar refractivity (Wildman–Crippen MR) is 99.5 cm³/mol. The molecule has 1 unspecified atom stereocenters. The number of rotatable bonds is 6. The summed E-state index contributed by atoms with van der Waals surface area (Å²) in [5, 5.41) is 6.02. The maximum Gasteiger partial charge on any atom is 0.244 e. The van der Waals surface area contributed by atoms with Crippen molar-refractivity contribution in [3.63, 3.8) is 0 Å². The van der Waals surface area contributed by atoms with Gasteiger partial charge in [0, 0.05) is 36.8 Å². The molecule has 1 aromatic carbocycles. The van der Waals surface area contributed by atoms with Gasteiger partial charge < -0.3 is 19.7 Å². The van der Waals surface area contributed by atoms with Crippen molar-refractivity contribution in [2.45, 2.75) is 12.5 Å². The molecule has 0 saturated carbocycles. The Morgan fingerprint density at radius 1 is 1.36 bits per heavy atom. The summed E-state index contributed by atoms with van der Waals surface area (Å²) in [6, 6.07) is 5.68. The first-order valence-electron chi connectivity index (χ1n) is 8.04. The summed E-state index contributed by atoms with van der Waals surface area (Å²) < 4.78 is 10.5. The van der Waals surface area contributed by atoms with Crippen LogP contribution in [0.25, 0.3) is 6.08 Å². The molecule has 1 fully saturated rings. The molecule has 1 aliphatic rings. The van der Waals surface area contributed by atoms with E-state index in [4.69, 9.17) is 9.47 Å². The van der Waals surface area contributed by atoms with Crippen LogP contribution in [0.15, 0.2) is 35.9 Å². The monoisotopic (exact) mass is 359 g/mol. The minimum atomic E-state index is -0.0965. The first kappa shape index (κ1) is 17.3. The molecule has 6 nitrogen and oxygen atoms in total. The number of amides is 1. The summed E-state index contributed by atoms with van der Waals surface area (Å²) in [5.74, 6) is 1.21. The zero-order valence-corrected chi connectivity index (χ0v) is 15.1. The fourth-order valence-corrected chi connectivity index (χ4v) is 3.48. The van der Waals surface area contributed by atoms with Crippen LogP contribution in [0.5, 0.6) is 11.5 Å². The number of nitrogens with zero attached hydrogens (tertiary/aromatic N) is 2. The van der Waals surface area contributed by atoms with Gasteiger partial charge in [-0.3, -0.25) is 4.79 Å². The number of aromatic nitrogens is 1. The number of thiazole rings is 1. The number of carbonyl (C=O) groups excluding carboxylic acids is 1. The van der Waals surface area contributed by atoms with Gasteiger partial charge in [-0.15, -0.1) is 11.3 Å². The highest BCUT2D eigenvalue weighted by atomic mass is 32.1. The van der Waals surface area contributed by atoms with Crippen LogP contribution in [-0.2, 0) is 4.79 Å². The fraction of sp³-hybridized carbons (Fsp3) is 0.333. The summed E-state index contributed by atoms with van der Waals surface area (Å²) in [4.78, 5) is 18.7. The minimum absolute atomic E-state index is 0.0965. The van der Waals surface area contributed by atoms with E-state index in [1.165, 1.54) is 0 Å². The third-order valence-corrected chi connectivity index (χ3v) is 4.89. The Hall–Kier alpha value is -2.54. The van der Waals surface area contributed by atoms with Gasteiger partial charge in [0.05, 0.1) is 14.2 Å². The highest BCUT2D eigenvalue weighted by Crippen LogP contribution is 2.28. The molecule has 1 saturated heterocycles. The second-order valence-corrected chi connectivity index (χ2v) is 6.58. The summed E-state index contributed by atoms with van der Waals surface area (Å²) >= 11 is 1.62. The number of ether oxygens (including phenoxy) is 2. The normalized spacial score (nSPS) is 17.0. The van der Waals surface area contributed by atoms with Crippen LogP contribution >= 0.6 is 11.3 Å². The lowest BCUT2D eigenvalue weighted by Crippen LogP contribution is -2.36. The standard InChI is InChI=1S/C18H21N3O3S/c1-23-15-5-3-13(11-16(15)24-2)4-6-17(22)20-14-7-9-21(12-14)18-19-8-10-25-18/h3-6,8,10-11,14H,7,9,12H2,1-2H3,(H,20,22)/b6-4+. The molecule has 2 aromatic rings. The first-order chi connectivity index (χ1) is 12.2. The predicted octanol–water partition coefficient (Wildman–Crippen LogP) is 2.57. The molecule has 0 spiro atoms. The molecule has 1 amide bonds. The van der Waals surface area contributed by atoms with Crippen molar-refractivity contribution in [3.05, 3.63) is 41.4 Å². The van der Waals surface area contributed by atoms with E-state index in [0.717, 1.165) is 30.2 Å². The Morgan fingerprint density at radius 2 is 2.20 bits per heavy atom. The topological polar surface area (TPSA) is 63.7 Å². The number of anilines is 1. The molecule has 7 heteroatoms. The van der Waals surface area contributed by atoms with Gasteiger partial charge in [-0.2, -0.15) is 0 Å². The lowest BCUT2D eigenvalue weighted by molar-refractivity contribution is -0.117. The van der Waals surface area contributed by atoms with Gasteiger partial charge in [0.2, 0.25) is 5.91 Å². The molecule has 3 rings (SSSR count). The Kier molecular flexibility index (Phi) is 5.55. The van der Waals surface area contributed by atoms with Crippen molar-refractivity contribution < 1.29 is 14.3 Å². The van der Waals surface area contributed by atoms with Crippen LogP contribution in [-0.4, -0.2) is 44.2 Å². The SMILES string of the molecule is COc1ccc(/C=C/C(=O)NC2CCN(c3nccs3)C2)cc1OC. The van der Waals surface area contributed by atoms with Crippen LogP contribution in [0, 0.1) is 0 Å². The zero-order chi connectivity index (χ0) is 17.6. The number of carbonyl (C=O) groups is 1. The molecular weight excluding hydrogens is 338 g/mol. The van der Waals surface area contributed by atoms with E-state index in [9.17, 15) is 4.79 Å². The van der Waals surface area contributed by atoms with E-state index < -0.39 is 0 Å². The fourth-order valence-electron chi connectivity index (χ4n) is 2.80. The second kappa shape index (κ2) is 8.02. The molecular formula is C18H21N3O3S. The number of nitrogens with one attached hydrogen (secondary N) is 1. The maximum atomic E-state index is 12.2. The van der Waals surface area contributed by atoms with Crippen LogP contribution in [0.1, 0.15) is 12.0 Å². The molecule has 0 radical (unpaired) electrons. The van der Waals surface area contributed by atoms with Crippen molar-refractivity contribution >= 4 is 28.5 Å². The molecule has 25 heavy (non-hydrogen) atoms. The summed E-state index contributed by atoms with van der Waals surface area (Å²) in [5.41, 5.74) is 0.878. The smallest absolute Gasteiger partial charge is 0.244 e. The molecule has 132 valence electrons. The van der Waals surface area contributed by atoms with Gasteiger partial charge >= 0.3 is 0 Å². The van der Waals surface area contributed by atoms with E-state index in [1.54, 1.807) is 43.9 Å². The first-order valence-corrected chi connectivity index (χ1v) is 8.92. The molecule has 1 atom stereocenters. The molecule has 2 heterocycles. The van der Waals surface area contributed by atoms with Crippen molar-refractivity contribution in [1.82, 2.24) is 10.3 Å². The third kappa shape index (κ3) is 4.30. The Balaban J connectivity index is 1.55. The van der Waals surface area contributed by atoms with Crippen molar-refractivity contribution in [2.75, 3.05) is 32.2 Å². The van der Waals surface area contributed by atoms with Gasteiger partial charge in [0.15, 0.2) is 16.6 Å². The van der Waals surface area contributed by atoms with Crippen molar-refractivity contribution in [1.29, 1.82) is 0 Å². The van der Waals surface area contributed by atoms with Gasteiger partial charge in [0.1, 0.15) is 0 Å². The average molecular weight is 359 g/mol. The minimum Gasteiger partial charge on any atom is -0.493 e. The number of methoxy groups -OCH3 is 2. The van der Waals surface area contributed by atoms with Gasteiger partial charge in [-0.25, -0.2) is 4.98 Å². The van der Waals surface area contributed by atoms with E-state index in [0.29, 0.717) is 11.5 Å². The van der Waals surface area contributed by atoms with Crippen LogP contribution < -0.4 is 19.7 Å². The van der Waals surface area contributed by atoms with E-state index in [2.05, 4.69) is 15.2 Å². The van der Waals surface area contributed by atoms with E-state index in [-0.39, 0.29) is 11.9 Å². The van der Waals surface area contributed by atoms with Crippen molar-refractivity contribution in [2.24, 2.45) is 0 Å². The van der Waals surface area contributed by atoms with Gasteiger partial charge in [-0.1, -0.05) is 6.07 Å². The summed E-state index contributed by atoms with van der Waals surface area (Å²) in [6.07, 6.45) is 6.05. The van der Waals surface area contributed by atoms with E-state index in [1.807, 2.05) is 23.6 Å². The average Bonchev–Trinajstić information content (AvgIpc) is 3.31. The second-order valence-electron chi connectivity index (χ2n) is 5.70.